The Morgan fingerprint density at radius 2 is 1.97 bits per heavy atom. The lowest BCUT2D eigenvalue weighted by atomic mass is 10.2. The van der Waals surface area contributed by atoms with E-state index in [9.17, 15) is 9.59 Å². The molecule has 0 unspecified atom stereocenters. The molecular weight excluding hydrogens is 521 g/mol. The predicted molar refractivity (Wildman–Crippen MR) is 128 cm³/mol. The van der Waals surface area contributed by atoms with Gasteiger partial charge in [-0.2, -0.15) is 5.10 Å². The number of amides is 2. The Morgan fingerprint density at radius 1 is 1.23 bits per heavy atom. The lowest BCUT2D eigenvalue weighted by Gasteiger charge is -2.35. The molecular formula is C19H25ClIN7O2. The van der Waals surface area contributed by atoms with Crippen LogP contribution < -0.4 is 15.5 Å². The van der Waals surface area contributed by atoms with Crippen LogP contribution in [0, 0.1) is 0 Å². The Balaban J connectivity index is 0.00000320. The van der Waals surface area contributed by atoms with Crippen LogP contribution in [0.4, 0.5) is 5.69 Å². The number of hydrogen-bond acceptors (Lipinski definition) is 4. The van der Waals surface area contributed by atoms with E-state index >= 15 is 0 Å². The van der Waals surface area contributed by atoms with E-state index in [-0.39, 0.29) is 42.3 Å². The van der Waals surface area contributed by atoms with E-state index < -0.39 is 0 Å². The van der Waals surface area contributed by atoms with Crippen molar-refractivity contribution >= 4 is 59.0 Å². The molecule has 2 amide bonds. The van der Waals surface area contributed by atoms with E-state index in [2.05, 4.69) is 20.7 Å². The molecule has 0 saturated carbocycles. The number of aliphatic imine (C=N–C) groups is 1. The number of aromatic nitrogens is 2. The maximum Gasteiger partial charge on any atom is 0.252 e. The SMILES string of the molecule is CN=C(NCCNC(=O)c1ccccc1Cl)N1CCN(c2cnn(C)c2)C(=O)C1.I. The largest absolute Gasteiger partial charge is 0.354 e. The first kappa shape index (κ1) is 23.9. The molecule has 11 heteroatoms. The second-order valence-electron chi connectivity index (χ2n) is 6.55. The summed E-state index contributed by atoms with van der Waals surface area (Å²) in [6, 6.07) is 6.90. The standard InChI is InChI=1S/C19H24ClN7O2.HI/c1-21-19(23-8-7-22-18(29)15-5-3-4-6-16(15)20)26-9-10-27(17(28)13-26)14-11-24-25(2)12-14;/h3-6,11-12H,7-10,13H2,1-2H3,(H,21,23)(H,22,29);1H. The second kappa shape index (κ2) is 11.2. The van der Waals surface area contributed by atoms with E-state index in [0.717, 1.165) is 5.69 Å². The van der Waals surface area contributed by atoms with Crippen molar-refractivity contribution in [2.24, 2.45) is 12.0 Å². The van der Waals surface area contributed by atoms with Crippen LogP contribution in [0.5, 0.6) is 0 Å². The van der Waals surface area contributed by atoms with Gasteiger partial charge in [-0.3, -0.25) is 19.3 Å². The Kier molecular flexibility index (Phi) is 8.90. The number of carbonyl (C=O) groups is 2. The zero-order valence-electron chi connectivity index (χ0n) is 16.8. The zero-order chi connectivity index (χ0) is 20.8. The van der Waals surface area contributed by atoms with Gasteiger partial charge < -0.3 is 20.4 Å². The summed E-state index contributed by atoms with van der Waals surface area (Å²) >= 11 is 6.03. The van der Waals surface area contributed by atoms with Gasteiger partial charge in [0, 0.05) is 46.5 Å². The van der Waals surface area contributed by atoms with Gasteiger partial charge in [0.25, 0.3) is 5.91 Å². The summed E-state index contributed by atoms with van der Waals surface area (Å²) in [4.78, 5) is 32.6. The van der Waals surface area contributed by atoms with Crippen LogP contribution in [0.2, 0.25) is 5.02 Å². The van der Waals surface area contributed by atoms with Crippen LogP contribution in [0.3, 0.4) is 0 Å². The predicted octanol–water partition coefficient (Wildman–Crippen LogP) is 1.35. The van der Waals surface area contributed by atoms with Gasteiger partial charge in [0.1, 0.15) is 6.54 Å². The summed E-state index contributed by atoms with van der Waals surface area (Å²) in [6.07, 6.45) is 3.50. The quantitative estimate of drug-likeness (QED) is 0.256. The number of anilines is 1. The van der Waals surface area contributed by atoms with Gasteiger partial charge in [0.2, 0.25) is 5.91 Å². The van der Waals surface area contributed by atoms with Gasteiger partial charge in [0.05, 0.1) is 22.5 Å². The van der Waals surface area contributed by atoms with Gasteiger partial charge in [0.15, 0.2) is 5.96 Å². The molecule has 1 fully saturated rings. The molecule has 1 aromatic heterocycles. The van der Waals surface area contributed by atoms with E-state index in [1.54, 1.807) is 47.1 Å². The maximum atomic E-state index is 12.5. The van der Waals surface area contributed by atoms with Crippen molar-refractivity contribution in [3.63, 3.8) is 0 Å². The normalized spacial score (nSPS) is 14.4. The molecule has 1 aliphatic rings. The number of nitrogens with zero attached hydrogens (tertiary/aromatic N) is 5. The fraction of sp³-hybridized carbons (Fsp3) is 0.368. The van der Waals surface area contributed by atoms with Gasteiger partial charge in [-0.05, 0) is 12.1 Å². The highest BCUT2D eigenvalue weighted by Crippen LogP contribution is 2.16. The van der Waals surface area contributed by atoms with Crippen LogP contribution in [0.15, 0.2) is 41.7 Å². The van der Waals surface area contributed by atoms with E-state index in [1.165, 1.54) is 0 Å². The summed E-state index contributed by atoms with van der Waals surface area (Å²) in [6.45, 7) is 2.29. The first-order chi connectivity index (χ1) is 14.0. The molecule has 9 nitrogen and oxygen atoms in total. The molecule has 0 spiro atoms. The number of nitrogens with one attached hydrogen (secondary N) is 2. The molecule has 162 valence electrons. The Hall–Kier alpha value is -2.34. The Morgan fingerprint density at radius 3 is 2.60 bits per heavy atom. The van der Waals surface area contributed by atoms with Crippen molar-refractivity contribution in [1.82, 2.24) is 25.3 Å². The highest BCUT2D eigenvalue weighted by Gasteiger charge is 2.27. The van der Waals surface area contributed by atoms with Gasteiger partial charge in [-0.25, -0.2) is 0 Å². The van der Waals surface area contributed by atoms with E-state index in [4.69, 9.17) is 11.6 Å². The maximum absolute atomic E-state index is 12.5. The molecule has 0 bridgehead atoms. The number of rotatable bonds is 5. The van der Waals surface area contributed by atoms with Crippen molar-refractivity contribution in [1.29, 1.82) is 0 Å². The molecule has 2 heterocycles. The van der Waals surface area contributed by atoms with Gasteiger partial charge in [-0.15, -0.1) is 24.0 Å². The average molecular weight is 546 g/mol. The molecule has 2 aromatic rings. The molecule has 0 aliphatic carbocycles. The summed E-state index contributed by atoms with van der Waals surface area (Å²) in [5, 5.41) is 10.5. The molecule has 0 atom stereocenters. The number of hydrogen-bond donors (Lipinski definition) is 2. The Labute approximate surface area is 197 Å². The highest BCUT2D eigenvalue weighted by molar-refractivity contribution is 14.0. The number of aryl methyl sites for hydroxylation is 1. The van der Waals surface area contributed by atoms with Crippen LogP contribution in [0.25, 0.3) is 0 Å². The van der Waals surface area contributed by atoms with Crippen molar-refractivity contribution in [3.8, 4) is 0 Å². The molecule has 3 rings (SSSR count). The minimum Gasteiger partial charge on any atom is -0.354 e. The third kappa shape index (κ3) is 5.85. The summed E-state index contributed by atoms with van der Waals surface area (Å²) in [5.41, 5.74) is 1.23. The topological polar surface area (TPSA) is 94.9 Å². The third-order valence-electron chi connectivity index (χ3n) is 4.55. The monoisotopic (exact) mass is 545 g/mol. The minimum atomic E-state index is -0.229. The molecule has 30 heavy (non-hydrogen) atoms. The smallest absolute Gasteiger partial charge is 0.252 e. The second-order valence-corrected chi connectivity index (χ2v) is 6.96. The number of halogens is 2. The lowest BCUT2D eigenvalue weighted by molar-refractivity contribution is -0.120. The molecule has 1 aliphatic heterocycles. The van der Waals surface area contributed by atoms with Crippen LogP contribution in [-0.2, 0) is 11.8 Å². The highest BCUT2D eigenvalue weighted by atomic mass is 127. The fourth-order valence-corrected chi connectivity index (χ4v) is 3.32. The van der Waals surface area contributed by atoms with Crippen LogP contribution >= 0.6 is 35.6 Å². The van der Waals surface area contributed by atoms with E-state index in [0.29, 0.717) is 42.7 Å². The first-order valence-electron chi connectivity index (χ1n) is 9.27. The minimum absolute atomic E-state index is 0. The summed E-state index contributed by atoms with van der Waals surface area (Å²) < 4.78 is 1.67. The summed E-state index contributed by atoms with van der Waals surface area (Å²) in [5.74, 6) is 0.378. The van der Waals surface area contributed by atoms with Gasteiger partial charge in [-0.1, -0.05) is 23.7 Å². The van der Waals surface area contributed by atoms with Crippen LogP contribution in [-0.4, -0.2) is 72.2 Å². The summed E-state index contributed by atoms with van der Waals surface area (Å²) in [7, 11) is 3.49. The molecule has 2 N–H and O–H groups in total. The lowest BCUT2D eigenvalue weighted by Crippen LogP contribution is -2.55. The van der Waals surface area contributed by atoms with Crippen LogP contribution in [0.1, 0.15) is 10.4 Å². The number of benzene rings is 1. The molecule has 1 aromatic carbocycles. The van der Waals surface area contributed by atoms with Crippen molar-refractivity contribution in [3.05, 3.63) is 47.2 Å². The van der Waals surface area contributed by atoms with Gasteiger partial charge >= 0.3 is 0 Å². The first-order valence-corrected chi connectivity index (χ1v) is 9.64. The average Bonchev–Trinajstić information content (AvgIpc) is 3.14. The van der Waals surface area contributed by atoms with Crippen molar-refractivity contribution in [2.75, 3.05) is 44.7 Å². The van der Waals surface area contributed by atoms with Crippen molar-refractivity contribution in [2.45, 2.75) is 0 Å². The Bertz CT molecular complexity index is 918. The third-order valence-corrected chi connectivity index (χ3v) is 4.88. The van der Waals surface area contributed by atoms with E-state index in [1.807, 2.05) is 18.1 Å². The number of piperazine rings is 1. The van der Waals surface area contributed by atoms with Crippen molar-refractivity contribution < 1.29 is 9.59 Å². The fourth-order valence-electron chi connectivity index (χ4n) is 3.10. The molecule has 0 radical (unpaired) electrons. The number of guanidine groups is 1. The molecule has 1 saturated heterocycles. The zero-order valence-corrected chi connectivity index (χ0v) is 19.9. The number of carbonyl (C=O) groups excluding carboxylic acids is 2.